The predicted molar refractivity (Wildman–Crippen MR) is 103 cm³/mol. The van der Waals surface area contributed by atoms with Gasteiger partial charge in [0.05, 0.1) is 5.00 Å². The third-order valence-electron chi connectivity index (χ3n) is 2.61. The minimum atomic E-state index is 0. The van der Waals surface area contributed by atoms with E-state index in [2.05, 4.69) is 20.6 Å². The number of hydrogen-bond acceptors (Lipinski definition) is 3. The Morgan fingerprint density at radius 1 is 1.22 bits per heavy atom. The van der Waals surface area contributed by atoms with Gasteiger partial charge in [0.15, 0.2) is 5.96 Å². The number of nitrogens with two attached hydrogens (primary N) is 1. The Morgan fingerprint density at radius 2 is 2.00 bits per heavy atom. The number of nitrogens with one attached hydrogen (secondary N) is 2. The van der Waals surface area contributed by atoms with Gasteiger partial charge in [-0.15, -0.1) is 23.7 Å². The van der Waals surface area contributed by atoms with Gasteiger partial charge in [0.1, 0.15) is 0 Å². The summed E-state index contributed by atoms with van der Waals surface area (Å²) in [5.41, 5.74) is 6.87. The van der Waals surface area contributed by atoms with Crippen LogP contribution in [0.5, 0.6) is 0 Å². The van der Waals surface area contributed by atoms with Gasteiger partial charge in [0.2, 0.25) is 5.96 Å². The molecule has 0 aliphatic rings. The number of nitrogens with zero attached hydrogens (tertiary/aromatic N) is 2. The van der Waals surface area contributed by atoms with E-state index in [1.165, 1.54) is 0 Å². The van der Waals surface area contributed by atoms with E-state index in [9.17, 15) is 0 Å². The molecule has 1 aromatic carbocycles. The summed E-state index contributed by atoms with van der Waals surface area (Å²) in [7, 11) is 0. The molecule has 1 heterocycles. The number of rotatable bonds is 4. The van der Waals surface area contributed by atoms with E-state index in [1.54, 1.807) is 17.5 Å². The molecule has 0 unspecified atom stereocenters. The molecule has 0 spiro atoms. The van der Waals surface area contributed by atoms with Crippen molar-refractivity contribution < 1.29 is 0 Å². The third kappa shape index (κ3) is 6.99. The second-order valence-electron chi connectivity index (χ2n) is 4.29. The van der Waals surface area contributed by atoms with Crippen molar-refractivity contribution >= 4 is 46.7 Å². The number of anilines is 1. The van der Waals surface area contributed by atoms with Gasteiger partial charge in [0, 0.05) is 12.7 Å². The lowest BCUT2D eigenvalue weighted by Gasteiger charge is -2.09. The monoisotopic (exact) mass is 349 g/mol. The van der Waals surface area contributed by atoms with E-state index >= 15 is 0 Å². The van der Waals surface area contributed by atoms with Gasteiger partial charge >= 0.3 is 0 Å². The molecule has 0 fully saturated rings. The van der Waals surface area contributed by atoms with Crippen molar-refractivity contribution in [3.63, 3.8) is 0 Å². The van der Waals surface area contributed by atoms with Crippen LogP contribution < -0.4 is 16.4 Å². The minimum absolute atomic E-state index is 0. The molecule has 0 aliphatic carbocycles. The summed E-state index contributed by atoms with van der Waals surface area (Å²) in [5.74, 6) is 0.864. The molecule has 0 radical (unpaired) electrons. The summed E-state index contributed by atoms with van der Waals surface area (Å²) < 4.78 is 0. The Kier molecular flexibility index (Phi) is 8.49. The van der Waals surface area contributed by atoms with Crippen LogP contribution in [0.25, 0.3) is 6.08 Å². The lowest BCUT2D eigenvalue weighted by atomic mass is 10.2. The number of guanidine groups is 2. The highest BCUT2D eigenvalue weighted by atomic mass is 35.5. The normalized spacial score (nSPS) is 12.0. The van der Waals surface area contributed by atoms with E-state index in [1.807, 2.05) is 60.8 Å². The molecule has 7 heteroatoms. The van der Waals surface area contributed by atoms with Crippen LogP contribution in [0.3, 0.4) is 0 Å². The third-order valence-corrected chi connectivity index (χ3v) is 3.39. The molecule has 122 valence electrons. The van der Waals surface area contributed by atoms with Gasteiger partial charge in [-0.2, -0.15) is 0 Å². The van der Waals surface area contributed by atoms with Gasteiger partial charge in [-0.1, -0.05) is 30.3 Å². The first-order chi connectivity index (χ1) is 10.8. The smallest absolute Gasteiger partial charge is 0.207 e. The van der Waals surface area contributed by atoms with E-state index in [0.29, 0.717) is 18.5 Å². The van der Waals surface area contributed by atoms with Crippen molar-refractivity contribution in [3.8, 4) is 0 Å². The van der Waals surface area contributed by atoms with Crippen molar-refractivity contribution in [2.24, 2.45) is 15.7 Å². The first kappa shape index (κ1) is 18.7. The topological polar surface area (TPSA) is 74.8 Å². The summed E-state index contributed by atoms with van der Waals surface area (Å²) in [6.45, 7) is 2.54. The zero-order valence-corrected chi connectivity index (χ0v) is 14.4. The van der Waals surface area contributed by atoms with Crippen molar-refractivity contribution in [2.45, 2.75) is 6.92 Å². The van der Waals surface area contributed by atoms with Crippen LogP contribution in [0.1, 0.15) is 12.5 Å². The lowest BCUT2D eigenvalue weighted by molar-refractivity contribution is 1.09. The molecule has 0 amide bonds. The molecule has 1 aromatic heterocycles. The number of halogens is 1. The minimum Gasteiger partial charge on any atom is -0.370 e. The van der Waals surface area contributed by atoms with Crippen molar-refractivity contribution in [1.82, 2.24) is 5.32 Å². The molecule has 4 N–H and O–H groups in total. The lowest BCUT2D eigenvalue weighted by Crippen LogP contribution is -2.40. The second-order valence-corrected chi connectivity index (χ2v) is 5.24. The highest BCUT2D eigenvalue weighted by molar-refractivity contribution is 7.14. The number of benzene rings is 1. The molecule has 0 saturated carbocycles. The summed E-state index contributed by atoms with van der Waals surface area (Å²) in [6.07, 6.45) is 3.64. The van der Waals surface area contributed by atoms with Gasteiger partial charge in [-0.3, -0.25) is 10.3 Å². The molecule has 23 heavy (non-hydrogen) atoms. The predicted octanol–water partition coefficient (Wildman–Crippen LogP) is 3.53. The van der Waals surface area contributed by atoms with Crippen LogP contribution in [-0.2, 0) is 0 Å². The zero-order chi connectivity index (χ0) is 15.6. The van der Waals surface area contributed by atoms with Crippen LogP contribution in [-0.4, -0.2) is 18.5 Å². The van der Waals surface area contributed by atoms with Crippen molar-refractivity contribution in [2.75, 3.05) is 11.9 Å². The van der Waals surface area contributed by atoms with Crippen LogP contribution in [0.4, 0.5) is 5.00 Å². The number of thiophene rings is 1. The van der Waals surface area contributed by atoms with Gasteiger partial charge in [-0.05, 0) is 36.1 Å². The van der Waals surface area contributed by atoms with E-state index in [4.69, 9.17) is 5.73 Å². The van der Waals surface area contributed by atoms with Crippen molar-refractivity contribution in [3.05, 3.63) is 59.6 Å². The molecule has 0 atom stereocenters. The Bertz CT molecular complexity index is 650. The standard InChI is InChI=1S/C16H19N5S.ClH/c1-2-18-15(17)21-16(20-14-9-6-12-22-14)19-11-10-13-7-4-3-5-8-13;/h3-12H,2H2,1H3,(H4,17,18,19,20,21);1H. The van der Waals surface area contributed by atoms with Gasteiger partial charge < -0.3 is 11.1 Å². The maximum atomic E-state index is 5.79. The fraction of sp³-hybridized carbons (Fsp3) is 0.125. The zero-order valence-electron chi connectivity index (χ0n) is 12.8. The summed E-state index contributed by atoms with van der Waals surface area (Å²) in [4.78, 5) is 8.48. The van der Waals surface area contributed by atoms with Gasteiger partial charge in [-0.25, -0.2) is 4.99 Å². The fourth-order valence-electron chi connectivity index (χ4n) is 1.66. The van der Waals surface area contributed by atoms with Crippen molar-refractivity contribution in [1.29, 1.82) is 0 Å². The Labute approximate surface area is 146 Å². The highest BCUT2D eigenvalue weighted by Crippen LogP contribution is 2.14. The quantitative estimate of drug-likeness (QED) is 0.584. The van der Waals surface area contributed by atoms with E-state index in [-0.39, 0.29) is 12.4 Å². The van der Waals surface area contributed by atoms with E-state index in [0.717, 1.165) is 10.6 Å². The Morgan fingerprint density at radius 3 is 2.65 bits per heavy atom. The molecule has 5 nitrogen and oxygen atoms in total. The molecular weight excluding hydrogens is 330 g/mol. The first-order valence-electron chi connectivity index (χ1n) is 6.95. The van der Waals surface area contributed by atoms with E-state index < -0.39 is 0 Å². The van der Waals surface area contributed by atoms with Crippen LogP contribution >= 0.6 is 23.7 Å². The Balaban J connectivity index is 0.00000264. The SMILES string of the molecule is CCN=C(N)NC(=NC=Cc1ccccc1)Nc1cccs1.Cl. The summed E-state index contributed by atoms with van der Waals surface area (Å²) >= 11 is 1.58. The Hall–Kier alpha value is -2.31. The summed E-state index contributed by atoms with van der Waals surface area (Å²) in [5, 5.41) is 9.11. The molecular formula is C16H20ClN5S. The first-order valence-corrected chi connectivity index (χ1v) is 7.82. The molecule has 0 aliphatic heterocycles. The molecule has 0 saturated heterocycles. The maximum Gasteiger partial charge on any atom is 0.207 e. The number of aliphatic imine (C=N–C) groups is 2. The average Bonchev–Trinajstić information content (AvgIpc) is 3.01. The number of hydrogen-bond donors (Lipinski definition) is 3. The molecule has 2 aromatic rings. The van der Waals surface area contributed by atoms with Crippen LogP contribution in [0.15, 0.2) is 64.0 Å². The molecule has 2 rings (SSSR count). The average molecular weight is 350 g/mol. The van der Waals surface area contributed by atoms with Gasteiger partial charge in [0.25, 0.3) is 0 Å². The maximum absolute atomic E-state index is 5.79. The molecule has 0 bridgehead atoms. The summed E-state index contributed by atoms with van der Waals surface area (Å²) in [6, 6.07) is 13.9. The second kappa shape index (κ2) is 10.4. The largest absolute Gasteiger partial charge is 0.370 e. The van der Waals surface area contributed by atoms with Crippen LogP contribution in [0.2, 0.25) is 0 Å². The fourth-order valence-corrected chi connectivity index (χ4v) is 2.27. The van der Waals surface area contributed by atoms with Crippen LogP contribution in [0, 0.1) is 0 Å². The highest BCUT2D eigenvalue weighted by Gasteiger charge is 2.01.